The normalized spacial score (nSPS) is 22.8. The van der Waals surface area contributed by atoms with Crippen LogP contribution in [-0.4, -0.2) is 40.1 Å². The standard InChI is InChI=1S/C10H13NO3S/c12-10(13)9-7-15-5-3-11(9)6-8-2-1-4-14-8/h1-2,4,9H,3,5-7H2,(H,12,13). The van der Waals surface area contributed by atoms with Crippen LogP contribution in [0.4, 0.5) is 0 Å². The van der Waals surface area contributed by atoms with E-state index in [4.69, 9.17) is 9.52 Å². The quantitative estimate of drug-likeness (QED) is 0.843. The molecule has 1 unspecified atom stereocenters. The number of carbonyl (C=O) groups is 1. The van der Waals surface area contributed by atoms with Crippen molar-refractivity contribution in [3.8, 4) is 0 Å². The van der Waals surface area contributed by atoms with Crippen LogP contribution in [0.5, 0.6) is 0 Å². The molecule has 4 nitrogen and oxygen atoms in total. The maximum atomic E-state index is 11.0. The summed E-state index contributed by atoms with van der Waals surface area (Å²) >= 11 is 1.69. The molecule has 82 valence electrons. The van der Waals surface area contributed by atoms with E-state index in [1.54, 1.807) is 18.0 Å². The fourth-order valence-corrected chi connectivity index (χ4v) is 2.76. The largest absolute Gasteiger partial charge is 0.480 e. The number of hydrogen-bond donors (Lipinski definition) is 1. The third-order valence-electron chi connectivity index (χ3n) is 2.46. The molecular weight excluding hydrogens is 214 g/mol. The predicted octanol–water partition coefficient (Wildman–Crippen LogP) is 1.28. The van der Waals surface area contributed by atoms with E-state index in [0.717, 1.165) is 18.1 Å². The van der Waals surface area contributed by atoms with Gasteiger partial charge in [0.25, 0.3) is 0 Å². The molecule has 1 aliphatic rings. The first-order chi connectivity index (χ1) is 7.27. The molecule has 0 aromatic carbocycles. The summed E-state index contributed by atoms with van der Waals surface area (Å²) in [7, 11) is 0. The van der Waals surface area contributed by atoms with Gasteiger partial charge in [0.15, 0.2) is 0 Å². The van der Waals surface area contributed by atoms with E-state index < -0.39 is 5.97 Å². The summed E-state index contributed by atoms with van der Waals surface area (Å²) < 4.78 is 5.22. The molecule has 0 bridgehead atoms. The molecule has 5 heteroatoms. The van der Waals surface area contributed by atoms with Gasteiger partial charge in [0.2, 0.25) is 0 Å². The first-order valence-corrected chi connectivity index (χ1v) is 6.00. The van der Waals surface area contributed by atoms with Gasteiger partial charge in [-0.3, -0.25) is 9.69 Å². The molecule has 2 rings (SSSR count). The molecule has 1 fully saturated rings. The van der Waals surface area contributed by atoms with Gasteiger partial charge in [0.1, 0.15) is 11.8 Å². The van der Waals surface area contributed by atoms with E-state index in [1.165, 1.54) is 0 Å². The lowest BCUT2D eigenvalue weighted by Gasteiger charge is -2.31. The molecule has 1 saturated heterocycles. The molecule has 0 radical (unpaired) electrons. The van der Waals surface area contributed by atoms with Gasteiger partial charge in [-0.15, -0.1) is 0 Å². The van der Waals surface area contributed by atoms with Crippen LogP contribution in [0.15, 0.2) is 22.8 Å². The summed E-state index contributed by atoms with van der Waals surface area (Å²) in [5, 5.41) is 9.05. The van der Waals surface area contributed by atoms with E-state index in [9.17, 15) is 4.79 Å². The highest BCUT2D eigenvalue weighted by Crippen LogP contribution is 2.19. The number of aliphatic carboxylic acids is 1. The van der Waals surface area contributed by atoms with Crippen molar-refractivity contribution in [2.24, 2.45) is 0 Å². The summed E-state index contributed by atoms with van der Waals surface area (Å²) in [4.78, 5) is 13.0. The minimum absolute atomic E-state index is 0.381. The van der Waals surface area contributed by atoms with Gasteiger partial charge < -0.3 is 9.52 Å². The first kappa shape index (κ1) is 10.6. The second-order valence-corrected chi connectivity index (χ2v) is 4.63. The molecule has 1 atom stereocenters. The number of carboxylic acid groups (broad SMARTS) is 1. The van der Waals surface area contributed by atoms with E-state index in [0.29, 0.717) is 12.3 Å². The molecule has 1 aromatic heterocycles. The summed E-state index contributed by atoms with van der Waals surface area (Å²) in [6.45, 7) is 1.40. The maximum Gasteiger partial charge on any atom is 0.321 e. The summed E-state index contributed by atoms with van der Waals surface area (Å²) in [6, 6.07) is 3.32. The molecule has 15 heavy (non-hydrogen) atoms. The maximum absolute atomic E-state index is 11.0. The Morgan fingerprint density at radius 3 is 3.27 bits per heavy atom. The second kappa shape index (κ2) is 4.72. The molecule has 0 aliphatic carbocycles. The average Bonchev–Trinajstić information content (AvgIpc) is 2.71. The van der Waals surface area contributed by atoms with E-state index in [1.807, 2.05) is 17.0 Å². The third-order valence-corrected chi connectivity index (χ3v) is 3.49. The molecule has 0 spiro atoms. The van der Waals surface area contributed by atoms with Crippen LogP contribution < -0.4 is 0 Å². The highest BCUT2D eigenvalue weighted by Gasteiger charge is 2.29. The Balaban J connectivity index is 2.02. The van der Waals surface area contributed by atoms with Gasteiger partial charge in [-0.1, -0.05) is 0 Å². The monoisotopic (exact) mass is 227 g/mol. The number of rotatable bonds is 3. The van der Waals surface area contributed by atoms with Crippen LogP contribution in [0.3, 0.4) is 0 Å². The predicted molar refractivity (Wildman–Crippen MR) is 57.9 cm³/mol. The fourth-order valence-electron chi connectivity index (χ4n) is 1.66. The lowest BCUT2D eigenvalue weighted by molar-refractivity contribution is -0.142. The zero-order chi connectivity index (χ0) is 10.7. The summed E-state index contributed by atoms with van der Waals surface area (Å²) in [5.74, 6) is 1.74. The molecule has 1 aliphatic heterocycles. The lowest BCUT2D eigenvalue weighted by Crippen LogP contribution is -2.46. The number of carboxylic acids is 1. The molecule has 1 N–H and O–H groups in total. The zero-order valence-corrected chi connectivity index (χ0v) is 9.07. The van der Waals surface area contributed by atoms with Gasteiger partial charge >= 0.3 is 5.97 Å². The molecular formula is C10H13NO3S. The van der Waals surface area contributed by atoms with Gasteiger partial charge in [-0.2, -0.15) is 11.8 Å². The van der Waals surface area contributed by atoms with Gasteiger partial charge in [-0.25, -0.2) is 0 Å². The van der Waals surface area contributed by atoms with Crippen LogP contribution in [0.1, 0.15) is 5.76 Å². The van der Waals surface area contributed by atoms with Gasteiger partial charge in [0, 0.05) is 18.1 Å². The van der Waals surface area contributed by atoms with E-state index in [2.05, 4.69) is 0 Å². The molecule has 1 aromatic rings. The summed E-state index contributed by atoms with van der Waals surface area (Å²) in [5.41, 5.74) is 0. The Bertz CT molecular complexity index is 325. The van der Waals surface area contributed by atoms with Crippen LogP contribution in [0.2, 0.25) is 0 Å². The van der Waals surface area contributed by atoms with Crippen LogP contribution in [0, 0.1) is 0 Å². The Morgan fingerprint density at radius 1 is 1.73 bits per heavy atom. The van der Waals surface area contributed by atoms with Crippen molar-refractivity contribution in [1.29, 1.82) is 0 Å². The lowest BCUT2D eigenvalue weighted by atomic mass is 10.2. The minimum atomic E-state index is -0.742. The van der Waals surface area contributed by atoms with Crippen molar-refractivity contribution in [3.05, 3.63) is 24.2 Å². The Hall–Kier alpha value is -0.940. The van der Waals surface area contributed by atoms with Crippen molar-refractivity contribution in [2.45, 2.75) is 12.6 Å². The number of furan rings is 1. The van der Waals surface area contributed by atoms with Gasteiger partial charge in [0.05, 0.1) is 12.8 Å². The van der Waals surface area contributed by atoms with Crippen molar-refractivity contribution in [3.63, 3.8) is 0 Å². The smallest absolute Gasteiger partial charge is 0.321 e. The topological polar surface area (TPSA) is 53.7 Å². The van der Waals surface area contributed by atoms with Crippen molar-refractivity contribution < 1.29 is 14.3 Å². The molecule has 2 heterocycles. The molecule has 0 amide bonds. The first-order valence-electron chi connectivity index (χ1n) is 4.84. The second-order valence-electron chi connectivity index (χ2n) is 3.48. The van der Waals surface area contributed by atoms with Crippen LogP contribution in [0.25, 0.3) is 0 Å². The Labute approximate surface area is 92.2 Å². The van der Waals surface area contributed by atoms with Crippen molar-refractivity contribution in [2.75, 3.05) is 18.1 Å². The average molecular weight is 227 g/mol. The Kier molecular flexibility index (Phi) is 3.33. The van der Waals surface area contributed by atoms with Crippen LogP contribution >= 0.6 is 11.8 Å². The highest BCUT2D eigenvalue weighted by atomic mass is 32.2. The molecule has 0 saturated carbocycles. The van der Waals surface area contributed by atoms with E-state index in [-0.39, 0.29) is 6.04 Å². The van der Waals surface area contributed by atoms with E-state index >= 15 is 0 Å². The van der Waals surface area contributed by atoms with Crippen molar-refractivity contribution >= 4 is 17.7 Å². The fraction of sp³-hybridized carbons (Fsp3) is 0.500. The van der Waals surface area contributed by atoms with Crippen LogP contribution in [-0.2, 0) is 11.3 Å². The number of nitrogens with zero attached hydrogens (tertiary/aromatic N) is 1. The highest BCUT2D eigenvalue weighted by molar-refractivity contribution is 7.99. The number of thioether (sulfide) groups is 1. The number of hydrogen-bond acceptors (Lipinski definition) is 4. The third kappa shape index (κ3) is 2.54. The Morgan fingerprint density at radius 2 is 2.60 bits per heavy atom. The minimum Gasteiger partial charge on any atom is -0.480 e. The van der Waals surface area contributed by atoms with Gasteiger partial charge in [-0.05, 0) is 12.1 Å². The summed E-state index contributed by atoms with van der Waals surface area (Å²) in [6.07, 6.45) is 1.61. The SMILES string of the molecule is O=C(O)C1CSCCN1Cc1ccco1. The van der Waals surface area contributed by atoms with Crippen molar-refractivity contribution in [1.82, 2.24) is 4.90 Å². The zero-order valence-electron chi connectivity index (χ0n) is 8.26.